The number of rotatable bonds is 5. The van der Waals surface area contributed by atoms with E-state index < -0.39 is 0 Å². The lowest BCUT2D eigenvalue weighted by atomic mass is 10.2. The van der Waals surface area contributed by atoms with Crippen LogP contribution >= 0.6 is 23.4 Å². The summed E-state index contributed by atoms with van der Waals surface area (Å²) in [6, 6.07) is 9.32. The number of halogens is 1. The molecule has 0 spiro atoms. The van der Waals surface area contributed by atoms with E-state index in [1.165, 1.54) is 12.5 Å². The fraction of sp³-hybridized carbons (Fsp3) is 0.333. The SMILES string of the molecule is O=C(CSCc1ccc(Cl)cc1)N1CCN(C(=O)c2ccoc2)CC1. The molecule has 1 fully saturated rings. The summed E-state index contributed by atoms with van der Waals surface area (Å²) in [6.07, 6.45) is 2.94. The Kier molecular flexibility index (Phi) is 6.04. The molecule has 0 aliphatic carbocycles. The van der Waals surface area contributed by atoms with Gasteiger partial charge >= 0.3 is 0 Å². The zero-order chi connectivity index (χ0) is 17.6. The van der Waals surface area contributed by atoms with Crippen LogP contribution in [0.25, 0.3) is 0 Å². The maximum atomic E-state index is 12.3. The fourth-order valence-electron chi connectivity index (χ4n) is 2.66. The summed E-state index contributed by atoms with van der Waals surface area (Å²) in [4.78, 5) is 28.1. The molecular weight excluding hydrogens is 360 g/mol. The van der Waals surface area contributed by atoms with E-state index in [0.29, 0.717) is 42.5 Å². The van der Waals surface area contributed by atoms with Crippen LogP contribution in [0.1, 0.15) is 15.9 Å². The van der Waals surface area contributed by atoms with E-state index in [9.17, 15) is 9.59 Å². The molecular formula is C18H19ClN2O3S. The largest absolute Gasteiger partial charge is 0.472 e. The van der Waals surface area contributed by atoms with E-state index in [0.717, 1.165) is 11.3 Å². The number of piperazine rings is 1. The van der Waals surface area contributed by atoms with Crippen LogP contribution in [-0.2, 0) is 10.5 Å². The first-order chi connectivity index (χ1) is 12.1. The van der Waals surface area contributed by atoms with Crippen LogP contribution in [-0.4, -0.2) is 53.5 Å². The standard InChI is InChI=1S/C18H19ClN2O3S/c19-16-3-1-14(2-4-16)12-25-13-17(22)20-6-8-21(9-7-20)18(23)15-5-10-24-11-15/h1-5,10-11H,6-9,12-13H2. The molecule has 2 heterocycles. The predicted molar refractivity (Wildman–Crippen MR) is 98.8 cm³/mol. The van der Waals surface area contributed by atoms with Crippen molar-refractivity contribution in [3.05, 3.63) is 59.0 Å². The van der Waals surface area contributed by atoms with E-state index >= 15 is 0 Å². The van der Waals surface area contributed by atoms with Gasteiger partial charge in [-0.05, 0) is 23.8 Å². The summed E-state index contributed by atoms with van der Waals surface area (Å²) in [5, 5.41) is 0.715. The summed E-state index contributed by atoms with van der Waals surface area (Å²) in [5.41, 5.74) is 1.70. The minimum absolute atomic E-state index is 0.0436. The Morgan fingerprint density at radius 3 is 2.36 bits per heavy atom. The maximum absolute atomic E-state index is 12.3. The van der Waals surface area contributed by atoms with Crippen LogP contribution < -0.4 is 0 Å². The molecule has 0 bridgehead atoms. The third-order valence-electron chi connectivity index (χ3n) is 4.10. The van der Waals surface area contributed by atoms with Gasteiger partial charge in [-0.1, -0.05) is 23.7 Å². The second kappa shape index (κ2) is 8.45. The van der Waals surface area contributed by atoms with Crippen LogP contribution in [0.3, 0.4) is 0 Å². The normalized spacial score (nSPS) is 14.6. The molecule has 5 nitrogen and oxygen atoms in total. The molecule has 0 N–H and O–H groups in total. The lowest BCUT2D eigenvalue weighted by Gasteiger charge is -2.34. The number of carbonyl (C=O) groups is 2. The molecule has 1 aliphatic rings. The van der Waals surface area contributed by atoms with Gasteiger partial charge in [-0.2, -0.15) is 0 Å². The molecule has 1 aromatic heterocycles. The summed E-state index contributed by atoms with van der Waals surface area (Å²) in [7, 11) is 0. The Hall–Kier alpha value is -1.92. The second-order valence-electron chi connectivity index (χ2n) is 5.80. The summed E-state index contributed by atoms with van der Waals surface area (Å²) < 4.78 is 4.95. The van der Waals surface area contributed by atoms with Crippen molar-refractivity contribution >= 4 is 35.2 Å². The number of furan rings is 1. The molecule has 7 heteroatoms. The molecule has 25 heavy (non-hydrogen) atoms. The third kappa shape index (κ3) is 4.80. The first-order valence-electron chi connectivity index (χ1n) is 8.05. The number of nitrogens with zero attached hydrogens (tertiary/aromatic N) is 2. The molecule has 0 saturated carbocycles. The van der Waals surface area contributed by atoms with Crippen molar-refractivity contribution in [2.45, 2.75) is 5.75 Å². The molecule has 1 aliphatic heterocycles. The Labute approximate surface area is 155 Å². The average Bonchev–Trinajstić information content (AvgIpc) is 3.17. The summed E-state index contributed by atoms with van der Waals surface area (Å²) in [6.45, 7) is 2.25. The lowest BCUT2D eigenvalue weighted by Crippen LogP contribution is -2.51. The van der Waals surface area contributed by atoms with Gasteiger partial charge in [0.15, 0.2) is 0 Å². The quantitative estimate of drug-likeness (QED) is 0.802. The van der Waals surface area contributed by atoms with Crippen LogP contribution in [0.15, 0.2) is 47.3 Å². The van der Waals surface area contributed by atoms with Gasteiger partial charge in [0.1, 0.15) is 6.26 Å². The number of carbonyl (C=O) groups excluding carboxylic acids is 2. The van der Waals surface area contributed by atoms with E-state index in [-0.39, 0.29) is 11.8 Å². The van der Waals surface area contributed by atoms with Crippen molar-refractivity contribution < 1.29 is 14.0 Å². The third-order valence-corrected chi connectivity index (χ3v) is 5.34. The molecule has 2 aromatic rings. The highest BCUT2D eigenvalue weighted by atomic mass is 35.5. The maximum Gasteiger partial charge on any atom is 0.257 e. The summed E-state index contributed by atoms with van der Waals surface area (Å²) >= 11 is 7.46. The zero-order valence-electron chi connectivity index (χ0n) is 13.7. The highest BCUT2D eigenvalue weighted by Gasteiger charge is 2.25. The molecule has 0 unspecified atom stereocenters. The van der Waals surface area contributed by atoms with Gasteiger partial charge in [0.25, 0.3) is 5.91 Å². The molecule has 0 radical (unpaired) electrons. The molecule has 1 saturated heterocycles. The smallest absolute Gasteiger partial charge is 0.257 e. The number of hydrogen-bond acceptors (Lipinski definition) is 4. The first-order valence-corrected chi connectivity index (χ1v) is 9.58. The number of hydrogen-bond donors (Lipinski definition) is 0. The minimum Gasteiger partial charge on any atom is -0.472 e. The van der Waals surface area contributed by atoms with E-state index in [1.807, 2.05) is 29.2 Å². The molecule has 3 rings (SSSR count). The van der Waals surface area contributed by atoms with Crippen molar-refractivity contribution in [3.63, 3.8) is 0 Å². The van der Waals surface area contributed by atoms with Crippen molar-refractivity contribution in [3.8, 4) is 0 Å². The lowest BCUT2D eigenvalue weighted by molar-refractivity contribution is -0.129. The van der Waals surface area contributed by atoms with Crippen molar-refractivity contribution in [1.29, 1.82) is 0 Å². The van der Waals surface area contributed by atoms with Gasteiger partial charge in [-0.15, -0.1) is 11.8 Å². The van der Waals surface area contributed by atoms with E-state index in [1.54, 1.807) is 22.7 Å². The number of benzene rings is 1. The Morgan fingerprint density at radius 2 is 1.72 bits per heavy atom. The van der Waals surface area contributed by atoms with Gasteiger partial charge in [-0.3, -0.25) is 9.59 Å². The van der Waals surface area contributed by atoms with Crippen LogP contribution in [0, 0.1) is 0 Å². The number of thioether (sulfide) groups is 1. The molecule has 0 atom stereocenters. The second-order valence-corrected chi connectivity index (χ2v) is 7.23. The van der Waals surface area contributed by atoms with Crippen LogP contribution in [0.2, 0.25) is 5.02 Å². The van der Waals surface area contributed by atoms with Crippen molar-refractivity contribution in [2.24, 2.45) is 0 Å². The van der Waals surface area contributed by atoms with Crippen LogP contribution in [0.4, 0.5) is 0 Å². The average molecular weight is 379 g/mol. The number of amides is 2. The highest BCUT2D eigenvalue weighted by Crippen LogP contribution is 2.16. The van der Waals surface area contributed by atoms with E-state index in [4.69, 9.17) is 16.0 Å². The Morgan fingerprint density at radius 1 is 1.04 bits per heavy atom. The highest BCUT2D eigenvalue weighted by molar-refractivity contribution is 7.99. The van der Waals surface area contributed by atoms with Gasteiger partial charge < -0.3 is 14.2 Å². The zero-order valence-corrected chi connectivity index (χ0v) is 15.3. The molecule has 132 valence electrons. The van der Waals surface area contributed by atoms with Crippen molar-refractivity contribution in [1.82, 2.24) is 9.80 Å². The minimum atomic E-state index is -0.0436. The van der Waals surface area contributed by atoms with Crippen LogP contribution in [0.5, 0.6) is 0 Å². The van der Waals surface area contributed by atoms with Gasteiger partial charge in [0.05, 0.1) is 17.6 Å². The van der Waals surface area contributed by atoms with Gasteiger partial charge in [0, 0.05) is 37.0 Å². The first kappa shape index (κ1) is 17.9. The predicted octanol–water partition coefficient (Wildman–Crippen LogP) is 3.15. The van der Waals surface area contributed by atoms with Gasteiger partial charge in [0.2, 0.25) is 5.91 Å². The van der Waals surface area contributed by atoms with Crippen molar-refractivity contribution in [2.75, 3.05) is 31.9 Å². The summed E-state index contributed by atoms with van der Waals surface area (Å²) in [5.74, 6) is 1.30. The fourth-order valence-corrected chi connectivity index (χ4v) is 3.67. The van der Waals surface area contributed by atoms with E-state index in [2.05, 4.69) is 0 Å². The Balaban J connectivity index is 1.41. The molecule has 2 amide bonds. The monoisotopic (exact) mass is 378 g/mol. The molecule has 1 aromatic carbocycles. The van der Waals surface area contributed by atoms with Gasteiger partial charge in [-0.25, -0.2) is 0 Å². The Bertz CT molecular complexity index is 710. The topological polar surface area (TPSA) is 53.8 Å².